The molecule has 31 heavy (non-hydrogen) atoms. The predicted octanol–water partition coefficient (Wildman–Crippen LogP) is 0.137. The number of hydrazine groups is 1. The fraction of sp³-hybridized carbons (Fsp3) is 0.579. The third-order valence-corrected chi connectivity index (χ3v) is 5.79. The fourth-order valence-corrected chi connectivity index (χ4v) is 3.95. The van der Waals surface area contributed by atoms with E-state index in [0.29, 0.717) is 5.01 Å². The number of nitrogens with zero attached hydrogens (tertiary/aromatic N) is 1. The van der Waals surface area contributed by atoms with Gasteiger partial charge >= 0.3 is 12.0 Å². The zero-order chi connectivity index (χ0) is 23.3. The first kappa shape index (κ1) is 25.0. The summed E-state index contributed by atoms with van der Waals surface area (Å²) in [6.07, 6.45) is 3.58. The van der Waals surface area contributed by atoms with Crippen molar-refractivity contribution in [3.63, 3.8) is 0 Å². The van der Waals surface area contributed by atoms with E-state index in [0.717, 1.165) is 4.48 Å². The van der Waals surface area contributed by atoms with Crippen LogP contribution in [-0.4, -0.2) is 63.5 Å². The largest absolute Gasteiger partial charge is 0.481 e. The molecular formula is C19H28BrN5O6. The highest BCUT2D eigenvalue weighted by Gasteiger charge is 2.55. The van der Waals surface area contributed by atoms with E-state index in [1.165, 1.54) is 0 Å². The van der Waals surface area contributed by atoms with Crippen LogP contribution in [0.1, 0.15) is 33.6 Å². The lowest BCUT2D eigenvalue weighted by molar-refractivity contribution is -0.141. The average Bonchev–Trinajstić information content (AvgIpc) is 2.89. The van der Waals surface area contributed by atoms with Crippen molar-refractivity contribution < 1.29 is 29.4 Å². The molecule has 1 aliphatic carbocycles. The molecule has 12 heteroatoms. The number of aliphatic hydroxyl groups excluding tert-OH is 1. The maximum absolute atomic E-state index is 13.1. The highest BCUT2D eigenvalue weighted by atomic mass is 79.9. The molecule has 2 aliphatic rings. The highest BCUT2D eigenvalue weighted by molar-refractivity contribution is 9.11. The number of aliphatic carboxylic acids is 1. The molecular weight excluding hydrogens is 474 g/mol. The second-order valence-corrected chi connectivity index (χ2v) is 8.78. The molecule has 1 saturated heterocycles. The van der Waals surface area contributed by atoms with Crippen molar-refractivity contribution >= 4 is 39.7 Å². The number of carbonyl (C=O) groups is 4. The van der Waals surface area contributed by atoms with E-state index >= 15 is 0 Å². The second kappa shape index (κ2) is 10.4. The Morgan fingerprint density at radius 1 is 1.35 bits per heavy atom. The average molecular weight is 502 g/mol. The van der Waals surface area contributed by atoms with Crippen LogP contribution >= 0.6 is 15.9 Å². The number of nitrogens with one attached hydrogen (secondary N) is 4. The lowest BCUT2D eigenvalue weighted by Crippen LogP contribution is -2.59. The molecule has 4 amide bonds. The first-order valence-corrected chi connectivity index (χ1v) is 10.7. The summed E-state index contributed by atoms with van der Waals surface area (Å²) in [5.74, 6) is -2.75. The molecule has 4 unspecified atom stereocenters. The van der Waals surface area contributed by atoms with Crippen LogP contribution < -0.4 is 21.4 Å². The SMILES string of the molecule is CC1C=C(Br)C=CC1NC(O)NN1C(=O)NC(CC(=O)NCCC(=O)O)(C(C)C)C1=O. The molecule has 0 spiro atoms. The number of carbonyl (C=O) groups excluding carboxylic acids is 3. The zero-order valence-electron chi connectivity index (χ0n) is 17.5. The topological polar surface area (TPSA) is 160 Å². The minimum Gasteiger partial charge on any atom is -0.481 e. The van der Waals surface area contributed by atoms with Crippen molar-refractivity contribution in [2.24, 2.45) is 11.8 Å². The number of hydrogen-bond acceptors (Lipinski definition) is 7. The third-order valence-electron chi connectivity index (χ3n) is 5.26. The van der Waals surface area contributed by atoms with Crippen molar-refractivity contribution in [3.8, 4) is 0 Å². The van der Waals surface area contributed by atoms with Crippen LogP contribution in [-0.2, 0) is 14.4 Å². The number of imide groups is 1. The second-order valence-electron chi connectivity index (χ2n) is 7.86. The first-order chi connectivity index (χ1) is 14.5. The van der Waals surface area contributed by atoms with E-state index in [4.69, 9.17) is 5.11 Å². The number of halogens is 1. The maximum atomic E-state index is 13.1. The summed E-state index contributed by atoms with van der Waals surface area (Å²) in [7, 11) is 0. The van der Waals surface area contributed by atoms with Gasteiger partial charge in [-0.3, -0.25) is 19.7 Å². The van der Waals surface area contributed by atoms with Crippen molar-refractivity contribution in [2.45, 2.75) is 51.5 Å². The number of amides is 4. The van der Waals surface area contributed by atoms with E-state index in [-0.39, 0.29) is 31.3 Å². The van der Waals surface area contributed by atoms with Gasteiger partial charge in [-0.1, -0.05) is 54.9 Å². The molecule has 0 aromatic carbocycles. The van der Waals surface area contributed by atoms with Crippen LogP contribution in [0.5, 0.6) is 0 Å². The van der Waals surface area contributed by atoms with Crippen molar-refractivity contribution in [1.82, 2.24) is 26.4 Å². The van der Waals surface area contributed by atoms with Crippen molar-refractivity contribution in [3.05, 3.63) is 22.7 Å². The number of urea groups is 1. The van der Waals surface area contributed by atoms with Crippen LogP contribution in [0.4, 0.5) is 4.79 Å². The van der Waals surface area contributed by atoms with Gasteiger partial charge in [-0.15, -0.1) is 0 Å². The van der Waals surface area contributed by atoms with Gasteiger partial charge in [0.15, 0.2) is 6.35 Å². The van der Waals surface area contributed by atoms with Crippen LogP contribution in [0.25, 0.3) is 0 Å². The molecule has 1 aliphatic heterocycles. The van der Waals surface area contributed by atoms with E-state index in [1.807, 2.05) is 25.2 Å². The number of allylic oxidation sites excluding steroid dienone is 2. The number of carboxylic acids is 1. The number of carboxylic acid groups (broad SMARTS) is 1. The molecule has 2 rings (SSSR count). The zero-order valence-corrected chi connectivity index (χ0v) is 19.1. The quantitative estimate of drug-likeness (QED) is 0.182. The van der Waals surface area contributed by atoms with Gasteiger partial charge in [0, 0.05) is 17.1 Å². The maximum Gasteiger partial charge on any atom is 0.340 e. The first-order valence-electron chi connectivity index (χ1n) is 9.87. The van der Waals surface area contributed by atoms with Gasteiger partial charge in [-0.05, 0) is 11.8 Å². The van der Waals surface area contributed by atoms with Gasteiger partial charge in [0.2, 0.25) is 5.91 Å². The van der Waals surface area contributed by atoms with Crippen molar-refractivity contribution in [2.75, 3.05) is 6.54 Å². The Balaban J connectivity index is 2.03. The molecule has 0 saturated carbocycles. The van der Waals surface area contributed by atoms with E-state index in [9.17, 15) is 24.3 Å². The Morgan fingerprint density at radius 3 is 2.61 bits per heavy atom. The van der Waals surface area contributed by atoms with Gasteiger partial charge in [0.05, 0.1) is 12.8 Å². The number of aliphatic hydroxyl groups is 1. The van der Waals surface area contributed by atoms with Gasteiger partial charge in [-0.25, -0.2) is 4.79 Å². The summed E-state index contributed by atoms with van der Waals surface area (Å²) < 4.78 is 0.915. The molecule has 0 radical (unpaired) electrons. The Labute approximate surface area is 188 Å². The minimum absolute atomic E-state index is 0.0446. The summed E-state index contributed by atoms with van der Waals surface area (Å²) in [5.41, 5.74) is 0.914. The predicted molar refractivity (Wildman–Crippen MR) is 114 cm³/mol. The Kier molecular flexibility index (Phi) is 8.34. The summed E-state index contributed by atoms with van der Waals surface area (Å²) in [6, 6.07) is -1.04. The number of rotatable bonds is 10. The normalized spacial score (nSPS) is 26.6. The molecule has 11 nitrogen and oxygen atoms in total. The van der Waals surface area contributed by atoms with Gasteiger partial charge in [0.1, 0.15) is 5.54 Å². The summed E-state index contributed by atoms with van der Waals surface area (Å²) >= 11 is 3.38. The van der Waals surface area contributed by atoms with E-state index in [2.05, 4.69) is 37.3 Å². The lowest BCUT2D eigenvalue weighted by atomic mass is 9.83. The smallest absolute Gasteiger partial charge is 0.340 e. The van der Waals surface area contributed by atoms with Crippen LogP contribution in [0.15, 0.2) is 22.7 Å². The highest BCUT2D eigenvalue weighted by Crippen LogP contribution is 2.29. The molecule has 172 valence electrons. The van der Waals surface area contributed by atoms with Gasteiger partial charge in [-0.2, -0.15) is 10.4 Å². The third kappa shape index (κ3) is 6.12. The van der Waals surface area contributed by atoms with E-state index < -0.39 is 41.6 Å². The monoisotopic (exact) mass is 501 g/mol. The molecule has 4 atom stereocenters. The molecule has 6 N–H and O–H groups in total. The van der Waals surface area contributed by atoms with Crippen molar-refractivity contribution in [1.29, 1.82) is 0 Å². The Bertz CT molecular complexity index is 801. The lowest BCUT2D eigenvalue weighted by Gasteiger charge is -2.31. The minimum atomic E-state index is -1.53. The molecule has 1 heterocycles. The molecule has 1 fully saturated rings. The summed E-state index contributed by atoms with van der Waals surface area (Å²) in [6.45, 7) is 5.21. The van der Waals surface area contributed by atoms with Crippen LogP contribution in [0, 0.1) is 11.8 Å². The van der Waals surface area contributed by atoms with Gasteiger partial charge in [0.25, 0.3) is 5.91 Å². The van der Waals surface area contributed by atoms with Crippen LogP contribution in [0.2, 0.25) is 0 Å². The number of hydrogen-bond donors (Lipinski definition) is 6. The standard InChI is InChI=1S/C19H28BrN5O6/c1-10(2)19(9-14(26)21-7-6-15(27)28)16(29)25(18(31)23-19)24-17(30)22-13-5-4-12(20)8-11(13)3/h4-5,8,10-11,13,17,22,24,30H,6-7,9H2,1-3H3,(H,21,26)(H,23,31)(H,27,28). The van der Waals surface area contributed by atoms with Crippen LogP contribution in [0.3, 0.4) is 0 Å². The molecule has 0 aromatic rings. The van der Waals surface area contributed by atoms with E-state index in [1.54, 1.807) is 13.8 Å². The molecule has 0 bridgehead atoms. The summed E-state index contributed by atoms with van der Waals surface area (Å²) in [4.78, 5) is 48.4. The Hall–Kier alpha value is -2.28. The Morgan fingerprint density at radius 2 is 2.03 bits per heavy atom. The summed E-state index contributed by atoms with van der Waals surface area (Å²) in [5, 5.41) is 27.5. The fourth-order valence-electron chi connectivity index (χ4n) is 3.38. The molecule has 0 aromatic heterocycles. The van der Waals surface area contributed by atoms with Gasteiger partial charge < -0.3 is 20.8 Å².